The van der Waals surface area contributed by atoms with Crippen LogP contribution in [-0.4, -0.2) is 73.1 Å². The van der Waals surface area contributed by atoms with Crippen LogP contribution < -0.4 is 10.6 Å². The Morgan fingerprint density at radius 1 is 1.18 bits per heavy atom. The summed E-state index contributed by atoms with van der Waals surface area (Å²) in [6, 6.07) is 8.34. The molecule has 8 nitrogen and oxygen atoms in total. The van der Waals surface area contributed by atoms with Crippen LogP contribution >= 0.6 is 0 Å². The van der Waals surface area contributed by atoms with Gasteiger partial charge >= 0.3 is 6.03 Å². The highest BCUT2D eigenvalue weighted by molar-refractivity contribution is 6.04. The molecule has 0 radical (unpaired) electrons. The Kier molecular flexibility index (Phi) is 7.39. The van der Waals surface area contributed by atoms with Gasteiger partial charge in [-0.3, -0.25) is 19.4 Å². The molecule has 2 fully saturated rings. The summed E-state index contributed by atoms with van der Waals surface area (Å²) in [5.74, 6) is -0.362. The number of nitrogens with one attached hydrogen (secondary N) is 2. The third kappa shape index (κ3) is 5.77. The van der Waals surface area contributed by atoms with Crippen LogP contribution in [0.4, 0.5) is 4.79 Å². The smallest absolute Gasteiger partial charge is 0.325 e. The highest BCUT2D eigenvalue weighted by Gasteiger charge is 2.37. The third-order valence-corrected chi connectivity index (χ3v) is 5.03. The van der Waals surface area contributed by atoms with E-state index in [0.29, 0.717) is 13.0 Å². The van der Waals surface area contributed by atoms with Gasteiger partial charge in [-0.15, -0.1) is 0 Å². The normalized spacial score (nSPS) is 20.3. The lowest BCUT2D eigenvalue weighted by Crippen LogP contribution is -2.38. The Morgan fingerprint density at radius 2 is 1.93 bits per heavy atom. The van der Waals surface area contributed by atoms with Crippen molar-refractivity contribution in [3.05, 3.63) is 35.9 Å². The Hall–Kier alpha value is -2.45. The minimum Gasteiger partial charge on any atom is -0.379 e. The predicted molar refractivity (Wildman–Crippen MR) is 103 cm³/mol. The molecule has 0 saturated carbocycles. The number of urea groups is 1. The van der Waals surface area contributed by atoms with E-state index in [9.17, 15) is 14.4 Å². The summed E-state index contributed by atoms with van der Waals surface area (Å²) >= 11 is 0. The summed E-state index contributed by atoms with van der Waals surface area (Å²) in [6.07, 6.45) is 1.41. The first kappa shape index (κ1) is 20.3. The van der Waals surface area contributed by atoms with E-state index in [4.69, 9.17) is 4.74 Å². The molecule has 1 atom stereocenters. The first-order chi connectivity index (χ1) is 13.6. The largest absolute Gasteiger partial charge is 0.379 e. The van der Waals surface area contributed by atoms with Crippen LogP contribution in [0.3, 0.4) is 0 Å². The van der Waals surface area contributed by atoms with Gasteiger partial charge in [-0.05, 0) is 24.9 Å². The van der Waals surface area contributed by atoms with Crippen molar-refractivity contribution in [1.29, 1.82) is 0 Å². The van der Waals surface area contributed by atoms with Gasteiger partial charge in [-0.1, -0.05) is 30.3 Å². The predicted octanol–water partition coefficient (Wildman–Crippen LogP) is 0.726. The van der Waals surface area contributed by atoms with Gasteiger partial charge in [0.25, 0.3) is 5.91 Å². The number of imide groups is 1. The van der Waals surface area contributed by atoms with Crippen molar-refractivity contribution in [2.24, 2.45) is 0 Å². The summed E-state index contributed by atoms with van der Waals surface area (Å²) in [4.78, 5) is 40.1. The minimum atomic E-state index is -0.629. The topological polar surface area (TPSA) is 91.0 Å². The highest BCUT2D eigenvalue weighted by Crippen LogP contribution is 2.15. The highest BCUT2D eigenvalue weighted by atomic mass is 16.5. The zero-order valence-electron chi connectivity index (χ0n) is 16.1. The number of ether oxygens (including phenoxy) is 1. The molecule has 8 heteroatoms. The lowest BCUT2D eigenvalue weighted by atomic mass is 10.1. The van der Waals surface area contributed by atoms with E-state index >= 15 is 0 Å². The molecule has 3 rings (SSSR count). The monoisotopic (exact) mass is 388 g/mol. The van der Waals surface area contributed by atoms with E-state index in [0.717, 1.165) is 44.8 Å². The molecular weight excluding hydrogens is 360 g/mol. The van der Waals surface area contributed by atoms with Crippen LogP contribution in [-0.2, 0) is 20.9 Å². The molecule has 1 aromatic carbocycles. The van der Waals surface area contributed by atoms with Crippen molar-refractivity contribution in [1.82, 2.24) is 20.4 Å². The van der Waals surface area contributed by atoms with Gasteiger partial charge in [0.2, 0.25) is 5.91 Å². The molecule has 152 valence electrons. The lowest BCUT2D eigenvalue weighted by molar-refractivity contribution is -0.128. The molecule has 1 aromatic rings. The van der Waals surface area contributed by atoms with Crippen molar-refractivity contribution in [2.45, 2.75) is 31.8 Å². The number of carbonyl (C=O) groups is 3. The van der Waals surface area contributed by atoms with Crippen molar-refractivity contribution in [2.75, 3.05) is 39.4 Å². The maximum Gasteiger partial charge on any atom is 0.325 e. The van der Waals surface area contributed by atoms with Crippen LogP contribution in [0.1, 0.15) is 24.8 Å². The average Bonchev–Trinajstić information content (AvgIpc) is 2.99. The number of hydrogen-bond acceptors (Lipinski definition) is 5. The zero-order chi connectivity index (χ0) is 19.8. The van der Waals surface area contributed by atoms with Crippen molar-refractivity contribution in [3.63, 3.8) is 0 Å². The van der Waals surface area contributed by atoms with Crippen LogP contribution in [0.15, 0.2) is 30.3 Å². The Morgan fingerprint density at radius 3 is 2.68 bits per heavy atom. The average molecular weight is 388 g/mol. The minimum absolute atomic E-state index is 0.0921. The van der Waals surface area contributed by atoms with Gasteiger partial charge in [0.05, 0.1) is 19.8 Å². The fourth-order valence-electron chi connectivity index (χ4n) is 3.41. The molecule has 0 spiro atoms. The SMILES string of the molecule is O=C(CC[C@H]1NC(=O)N(Cc2ccccc2)C1=O)NCCCN1CCOCC1. The van der Waals surface area contributed by atoms with Gasteiger partial charge < -0.3 is 15.4 Å². The van der Waals surface area contributed by atoms with Gasteiger partial charge in [0.15, 0.2) is 0 Å². The lowest BCUT2D eigenvalue weighted by Gasteiger charge is -2.26. The number of benzene rings is 1. The number of amides is 4. The third-order valence-electron chi connectivity index (χ3n) is 5.03. The van der Waals surface area contributed by atoms with Gasteiger partial charge in [-0.2, -0.15) is 0 Å². The standard InChI is InChI=1S/C20H28N4O4/c25-18(21-9-4-10-23-11-13-28-14-12-23)8-7-17-19(26)24(20(27)22-17)15-16-5-2-1-3-6-16/h1-3,5-6,17H,4,7-15H2,(H,21,25)(H,22,27)/t17-/m1/s1. The van der Waals surface area contributed by atoms with Gasteiger partial charge in [-0.25, -0.2) is 4.79 Å². The maximum atomic E-state index is 12.5. The van der Waals surface area contributed by atoms with Crippen molar-refractivity contribution < 1.29 is 19.1 Å². The molecule has 0 unspecified atom stereocenters. The molecule has 28 heavy (non-hydrogen) atoms. The van der Waals surface area contributed by atoms with E-state index in [1.165, 1.54) is 4.90 Å². The van der Waals surface area contributed by atoms with E-state index in [1.807, 2.05) is 30.3 Å². The Balaban J connectivity index is 1.34. The number of carbonyl (C=O) groups excluding carboxylic acids is 3. The molecule has 4 amide bonds. The maximum absolute atomic E-state index is 12.5. The van der Waals surface area contributed by atoms with Crippen molar-refractivity contribution in [3.8, 4) is 0 Å². The van der Waals surface area contributed by atoms with Crippen LogP contribution in [0.25, 0.3) is 0 Å². The summed E-state index contributed by atoms with van der Waals surface area (Å²) in [5, 5.41) is 5.57. The summed E-state index contributed by atoms with van der Waals surface area (Å²) in [7, 11) is 0. The van der Waals surface area contributed by atoms with Crippen LogP contribution in [0.2, 0.25) is 0 Å². The van der Waals surface area contributed by atoms with E-state index in [1.54, 1.807) is 0 Å². The molecule has 2 saturated heterocycles. The molecule has 0 bridgehead atoms. The van der Waals surface area contributed by atoms with E-state index < -0.39 is 12.1 Å². The molecular formula is C20H28N4O4. The van der Waals surface area contributed by atoms with Crippen LogP contribution in [0, 0.1) is 0 Å². The van der Waals surface area contributed by atoms with E-state index in [-0.39, 0.29) is 24.8 Å². The summed E-state index contributed by atoms with van der Waals surface area (Å²) in [5.41, 5.74) is 0.893. The fraction of sp³-hybridized carbons (Fsp3) is 0.550. The van der Waals surface area contributed by atoms with E-state index in [2.05, 4.69) is 15.5 Å². The Labute approximate surface area is 165 Å². The zero-order valence-corrected chi connectivity index (χ0v) is 16.1. The molecule has 2 aliphatic rings. The fourth-order valence-corrected chi connectivity index (χ4v) is 3.41. The van der Waals surface area contributed by atoms with Gasteiger partial charge in [0, 0.05) is 26.1 Å². The molecule has 2 aliphatic heterocycles. The second kappa shape index (κ2) is 10.2. The summed E-state index contributed by atoms with van der Waals surface area (Å²) < 4.78 is 5.31. The number of rotatable bonds is 9. The molecule has 2 heterocycles. The molecule has 2 N–H and O–H groups in total. The Bertz CT molecular complexity index is 676. The first-order valence-corrected chi connectivity index (χ1v) is 9.86. The second-order valence-electron chi connectivity index (χ2n) is 7.11. The van der Waals surface area contributed by atoms with Gasteiger partial charge in [0.1, 0.15) is 6.04 Å². The number of nitrogens with zero attached hydrogens (tertiary/aromatic N) is 2. The summed E-state index contributed by atoms with van der Waals surface area (Å²) in [6.45, 7) is 5.23. The van der Waals surface area contributed by atoms with Crippen molar-refractivity contribution >= 4 is 17.8 Å². The second-order valence-corrected chi connectivity index (χ2v) is 7.11. The molecule has 0 aliphatic carbocycles. The van der Waals surface area contributed by atoms with Crippen LogP contribution in [0.5, 0.6) is 0 Å². The molecule has 0 aromatic heterocycles. The number of morpholine rings is 1. The first-order valence-electron chi connectivity index (χ1n) is 9.86. The quantitative estimate of drug-likeness (QED) is 0.481. The number of hydrogen-bond donors (Lipinski definition) is 2.